The maximum absolute atomic E-state index is 12.9. The number of hydrogen-bond donors (Lipinski definition) is 3. The molecule has 0 spiro atoms. The van der Waals surface area contributed by atoms with Gasteiger partial charge < -0.3 is 20.6 Å². The largest absolute Gasteiger partial charge is 0.481 e. The molecular formula is C28H38N4O3. The molecule has 7 heteroatoms. The summed E-state index contributed by atoms with van der Waals surface area (Å²) in [4.78, 5) is 31.1. The standard InChI is InChI=1S/C28H38N4O3/c1-2-29-25-7-3-5-22(18-25)23(19-27(34)35)17-20-12-15-32(16-13-20)26(33)11-10-24-9-8-21-6-4-14-30-28(21)31-24/h3,5,7-9,18,20,23,29H,2,4,6,10-17,19H2,1H3,(H,30,31)(H,34,35). The Labute approximate surface area is 208 Å². The molecule has 1 amide bonds. The first-order chi connectivity index (χ1) is 17.0. The zero-order valence-electron chi connectivity index (χ0n) is 20.8. The fourth-order valence-corrected chi connectivity index (χ4v) is 5.38. The van der Waals surface area contributed by atoms with Gasteiger partial charge in [0.2, 0.25) is 5.91 Å². The summed E-state index contributed by atoms with van der Waals surface area (Å²) < 4.78 is 0. The smallest absolute Gasteiger partial charge is 0.303 e. The molecule has 3 N–H and O–H groups in total. The number of carboxylic acids is 1. The van der Waals surface area contributed by atoms with Gasteiger partial charge in [0.25, 0.3) is 0 Å². The van der Waals surface area contributed by atoms with E-state index in [-0.39, 0.29) is 18.2 Å². The maximum atomic E-state index is 12.9. The van der Waals surface area contributed by atoms with Crippen molar-refractivity contribution in [3.63, 3.8) is 0 Å². The molecule has 3 heterocycles. The molecule has 7 nitrogen and oxygen atoms in total. The predicted molar refractivity (Wildman–Crippen MR) is 139 cm³/mol. The number of pyridine rings is 1. The van der Waals surface area contributed by atoms with Gasteiger partial charge in [-0.05, 0) is 86.6 Å². The van der Waals surface area contributed by atoms with Crippen LogP contribution in [-0.2, 0) is 22.4 Å². The van der Waals surface area contributed by atoms with Gasteiger partial charge in [-0.2, -0.15) is 0 Å². The summed E-state index contributed by atoms with van der Waals surface area (Å²) in [5, 5.41) is 16.2. The van der Waals surface area contributed by atoms with Gasteiger partial charge in [0.1, 0.15) is 5.82 Å². The van der Waals surface area contributed by atoms with Gasteiger partial charge in [-0.15, -0.1) is 0 Å². The lowest BCUT2D eigenvalue weighted by Crippen LogP contribution is -2.39. The van der Waals surface area contributed by atoms with E-state index < -0.39 is 5.97 Å². The maximum Gasteiger partial charge on any atom is 0.303 e. The average Bonchev–Trinajstić information content (AvgIpc) is 2.87. The van der Waals surface area contributed by atoms with E-state index in [9.17, 15) is 14.7 Å². The summed E-state index contributed by atoms with van der Waals surface area (Å²) >= 11 is 0. The topological polar surface area (TPSA) is 94.6 Å². The fourth-order valence-electron chi connectivity index (χ4n) is 5.38. The number of aryl methyl sites for hydroxylation is 2. The molecule has 0 saturated carbocycles. The number of fused-ring (bicyclic) bond motifs is 1. The lowest BCUT2D eigenvalue weighted by Gasteiger charge is -2.34. The normalized spacial score (nSPS) is 16.8. The molecule has 1 fully saturated rings. The van der Waals surface area contributed by atoms with Crippen molar-refractivity contribution < 1.29 is 14.7 Å². The quantitative estimate of drug-likeness (QED) is 0.459. The molecule has 1 atom stereocenters. The SMILES string of the molecule is CCNc1cccc(C(CC(=O)O)CC2CCN(C(=O)CCc3ccc4c(n3)NCCC4)CC2)c1. The van der Waals surface area contributed by atoms with Crippen LogP contribution in [-0.4, -0.2) is 53.0 Å². The van der Waals surface area contributed by atoms with Gasteiger partial charge >= 0.3 is 5.97 Å². The van der Waals surface area contributed by atoms with E-state index in [0.29, 0.717) is 18.8 Å². The summed E-state index contributed by atoms with van der Waals surface area (Å²) in [7, 11) is 0. The van der Waals surface area contributed by atoms with Crippen LogP contribution >= 0.6 is 0 Å². The number of nitrogens with one attached hydrogen (secondary N) is 2. The molecule has 188 valence electrons. The second-order valence-electron chi connectivity index (χ2n) is 9.85. The first kappa shape index (κ1) is 25.0. The monoisotopic (exact) mass is 478 g/mol. The van der Waals surface area contributed by atoms with E-state index in [1.54, 1.807) is 0 Å². The van der Waals surface area contributed by atoms with Crippen molar-refractivity contribution in [2.45, 2.75) is 64.2 Å². The molecule has 4 rings (SSSR count). The molecule has 1 saturated heterocycles. The highest BCUT2D eigenvalue weighted by Gasteiger charge is 2.27. The Bertz CT molecular complexity index is 1020. The Hall–Kier alpha value is -3.09. The van der Waals surface area contributed by atoms with Crippen molar-refractivity contribution in [1.29, 1.82) is 0 Å². The molecule has 0 aliphatic carbocycles. The Morgan fingerprint density at radius 1 is 1.23 bits per heavy atom. The number of carbonyl (C=O) groups is 2. The number of hydrogen-bond acceptors (Lipinski definition) is 5. The van der Waals surface area contributed by atoms with Gasteiger partial charge in [-0.1, -0.05) is 18.2 Å². The second-order valence-corrected chi connectivity index (χ2v) is 9.85. The van der Waals surface area contributed by atoms with Gasteiger partial charge in [-0.3, -0.25) is 9.59 Å². The minimum atomic E-state index is -0.762. The molecule has 1 aromatic carbocycles. The van der Waals surface area contributed by atoms with E-state index in [4.69, 9.17) is 4.98 Å². The van der Waals surface area contributed by atoms with Gasteiger partial charge in [-0.25, -0.2) is 4.98 Å². The van der Waals surface area contributed by atoms with Crippen LogP contribution in [0, 0.1) is 5.92 Å². The number of aliphatic carboxylic acids is 1. The highest BCUT2D eigenvalue weighted by atomic mass is 16.4. The van der Waals surface area contributed by atoms with Gasteiger partial charge in [0, 0.05) is 44.0 Å². The number of rotatable bonds is 10. The minimum Gasteiger partial charge on any atom is -0.481 e. The van der Waals surface area contributed by atoms with Crippen LogP contribution in [0.1, 0.15) is 68.2 Å². The van der Waals surface area contributed by atoms with Crippen molar-refractivity contribution >= 4 is 23.4 Å². The lowest BCUT2D eigenvalue weighted by atomic mass is 9.82. The molecule has 2 aliphatic rings. The van der Waals surface area contributed by atoms with E-state index in [2.05, 4.69) is 35.8 Å². The number of nitrogens with zero attached hydrogens (tertiary/aromatic N) is 2. The first-order valence-electron chi connectivity index (χ1n) is 13.1. The summed E-state index contributed by atoms with van der Waals surface area (Å²) in [5.41, 5.74) is 4.35. The van der Waals surface area contributed by atoms with E-state index in [1.807, 2.05) is 23.1 Å². The summed E-state index contributed by atoms with van der Waals surface area (Å²) in [6.45, 7) is 5.35. The lowest BCUT2D eigenvalue weighted by molar-refractivity contribution is -0.137. The first-order valence-corrected chi connectivity index (χ1v) is 13.1. The van der Waals surface area contributed by atoms with Crippen LogP contribution in [0.2, 0.25) is 0 Å². The second kappa shape index (κ2) is 12.0. The van der Waals surface area contributed by atoms with Crippen LogP contribution < -0.4 is 10.6 Å². The highest BCUT2D eigenvalue weighted by Crippen LogP contribution is 2.33. The number of carbonyl (C=O) groups excluding carboxylic acids is 1. The van der Waals surface area contributed by atoms with E-state index >= 15 is 0 Å². The number of anilines is 2. The number of amides is 1. The van der Waals surface area contributed by atoms with Gasteiger partial charge in [0.05, 0.1) is 6.42 Å². The van der Waals surface area contributed by atoms with E-state index in [1.165, 1.54) is 5.56 Å². The molecular weight excluding hydrogens is 440 g/mol. The summed E-state index contributed by atoms with van der Waals surface area (Å²) in [6, 6.07) is 12.3. The summed E-state index contributed by atoms with van der Waals surface area (Å²) in [5.74, 6) is 0.828. The molecule has 0 bridgehead atoms. The Kier molecular flexibility index (Phi) is 8.61. The van der Waals surface area contributed by atoms with Crippen molar-refractivity contribution in [2.24, 2.45) is 5.92 Å². The van der Waals surface area contributed by atoms with Crippen molar-refractivity contribution in [2.75, 3.05) is 36.8 Å². The molecule has 0 radical (unpaired) electrons. The third-order valence-electron chi connectivity index (χ3n) is 7.29. The van der Waals surface area contributed by atoms with Crippen LogP contribution in [0.3, 0.4) is 0 Å². The van der Waals surface area contributed by atoms with Crippen molar-refractivity contribution in [1.82, 2.24) is 9.88 Å². The minimum absolute atomic E-state index is 0.0120. The Morgan fingerprint density at radius 2 is 2.06 bits per heavy atom. The molecule has 1 aromatic heterocycles. The van der Waals surface area contributed by atoms with Crippen LogP contribution in [0.25, 0.3) is 0 Å². The number of piperidine rings is 1. The third-order valence-corrected chi connectivity index (χ3v) is 7.29. The Morgan fingerprint density at radius 3 is 2.83 bits per heavy atom. The van der Waals surface area contributed by atoms with Crippen molar-refractivity contribution in [3.8, 4) is 0 Å². The van der Waals surface area contributed by atoms with Gasteiger partial charge in [0.15, 0.2) is 0 Å². The average molecular weight is 479 g/mol. The number of carboxylic acid groups (broad SMARTS) is 1. The molecule has 1 unspecified atom stereocenters. The zero-order chi connectivity index (χ0) is 24.6. The fraction of sp³-hybridized carbons (Fsp3) is 0.536. The highest BCUT2D eigenvalue weighted by molar-refractivity contribution is 5.76. The van der Waals surface area contributed by atoms with Crippen LogP contribution in [0.4, 0.5) is 11.5 Å². The Balaban J connectivity index is 1.28. The number of benzene rings is 1. The third kappa shape index (κ3) is 6.96. The van der Waals surface area contributed by atoms with Crippen LogP contribution in [0.15, 0.2) is 36.4 Å². The zero-order valence-corrected chi connectivity index (χ0v) is 20.8. The van der Waals surface area contributed by atoms with Crippen LogP contribution in [0.5, 0.6) is 0 Å². The summed E-state index contributed by atoms with van der Waals surface area (Å²) in [6.07, 6.45) is 6.19. The number of aromatic nitrogens is 1. The number of likely N-dealkylation sites (tertiary alicyclic amines) is 1. The van der Waals surface area contributed by atoms with E-state index in [0.717, 1.165) is 81.0 Å². The molecule has 2 aromatic rings. The predicted octanol–water partition coefficient (Wildman–Crippen LogP) is 4.69. The molecule has 35 heavy (non-hydrogen) atoms. The molecule has 2 aliphatic heterocycles. The van der Waals surface area contributed by atoms with Crippen molar-refractivity contribution in [3.05, 3.63) is 53.2 Å².